The number of urea groups is 1. The predicted molar refractivity (Wildman–Crippen MR) is 84.9 cm³/mol. The molecule has 1 saturated heterocycles. The summed E-state index contributed by atoms with van der Waals surface area (Å²) in [5.74, 6) is -1.19. The lowest BCUT2D eigenvalue weighted by molar-refractivity contribution is -0.144. The van der Waals surface area contributed by atoms with Gasteiger partial charge in [-0.15, -0.1) is 0 Å². The lowest BCUT2D eigenvalue weighted by atomic mass is 9.86. The molecule has 1 aliphatic carbocycles. The highest BCUT2D eigenvalue weighted by Crippen LogP contribution is 2.23. The second-order valence-corrected chi connectivity index (χ2v) is 6.80. The summed E-state index contributed by atoms with van der Waals surface area (Å²) in [6.45, 7) is 3.24. The van der Waals surface area contributed by atoms with Gasteiger partial charge in [0.2, 0.25) is 5.91 Å². The minimum absolute atomic E-state index is 0.0669. The second kappa shape index (κ2) is 8.29. The molecule has 1 heterocycles. The van der Waals surface area contributed by atoms with Gasteiger partial charge in [-0.2, -0.15) is 0 Å². The van der Waals surface area contributed by atoms with Crippen LogP contribution in [0.4, 0.5) is 4.79 Å². The first-order chi connectivity index (χ1) is 11.0. The molecule has 0 aromatic heterocycles. The van der Waals surface area contributed by atoms with Gasteiger partial charge in [-0.25, -0.2) is 4.79 Å². The van der Waals surface area contributed by atoms with Gasteiger partial charge in [-0.3, -0.25) is 19.8 Å². The molecule has 3 amide bonds. The van der Waals surface area contributed by atoms with E-state index in [1.165, 1.54) is 6.42 Å². The Morgan fingerprint density at radius 2 is 1.87 bits per heavy atom. The number of carbonyl (C=O) groups excluding carboxylic acids is 2. The number of carboxylic acid groups (broad SMARTS) is 1. The number of rotatable bonds is 4. The van der Waals surface area contributed by atoms with Gasteiger partial charge in [0.1, 0.15) is 0 Å². The van der Waals surface area contributed by atoms with Crippen LogP contribution in [0.5, 0.6) is 0 Å². The maximum atomic E-state index is 12.0. The number of carbonyl (C=O) groups is 3. The Morgan fingerprint density at radius 1 is 1.13 bits per heavy atom. The Labute approximate surface area is 136 Å². The quantitative estimate of drug-likeness (QED) is 0.721. The van der Waals surface area contributed by atoms with Gasteiger partial charge in [-0.1, -0.05) is 19.8 Å². The molecule has 7 heteroatoms. The Morgan fingerprint density at radius 3 is 2.57 bits per heavy atom. The molecule has 1 saturated carbocycles. The van der Waals surface area contributed by atoms with E-state index in [1.807, 2.05) is 0 Å². The van der Waals surface area contributed by atoms with Crippen LogP contribution >= 0.6 is 0 Å². The van der Waals surface area contributed by atoms with E-state index in [-0.39, 0.29) is 18.5 Å². The molecule has 7 nitrogen and oxygen atoms in total. The summed E-state index contributed by atoms with van der Waals surface area (Å²) < 4.78 is 0. The van der Waals surface area contributed by atoms with Crippen LogP contribution in [0.15, 0.2) is 0 Å². The fraction of sp³-hybridized carbons (Fsp3) is 0.812. The maximum absolute atomic E-state index is 12.0. The molecule has 0 aromatic carbocycles. The first kappa shape index (κ1) is 17.7. The molecular formula is C16H27N3O4. The van der Waals surface area contributed by atoms with E-state index in [9.17, 15) is 14.4 Å². The van der Waals surface area contributed by atoms with Crippen molar-refractivity contribution in [1.82, 2.24) is 15.5 Å². The topological polar surface area (TPSA) is 98.7 Å². The Hall–Kier alpha value is -1.63. The number of piperidine rings is 1. The third kappa shape index (κ3) is 5.49. The number of hydrogen-bond donors (Lipinski definition) is 3. The highest BCUT2D eigenvalue weighted by molar-refractivity contribution is 5.95. The molecule has 3 N–H and O–H groups in total. The minimum atomic E-state index is -0.820. The van der Waals surface area contributed by atoms with Gasteiger partial charge in [-0.05, 0) is 38.1 Å². The fourth-order valence-corrected chi connectivity index (χ4v) is 3.51. The van der Waals surface area contributed by atoms with Crippen molar-refractivity contribution in [2.24, 2.45) is 11.8 Å². The average Bonchev–Trinajstić information content (AvgIpc) is 2.49. The summed E-state index contributed by atoms with van der Waals surface area (Å²) in [4.78, 5) is 36.7. The van der Waals surface area contributed by atoms with Crippen molar-refractivity contribution in [2.45, 2.75) is 51.5 Å². The van der Waals surface area contributed by atoms with E-state index in [0.717, 1.165) is 25.7 Å². The average molecular weight is 325 g/mol. The van der Waals surface area contributed by atoms with Gasteiger partial charge in [0.05, 0.1) is 12.5 Å². The number of likely N-dealkylation sites (tertiary alicyclic amines) is 1. The van der Waals surface area contributed by atoms with E-state index < -0.39 is 17.9 Å². The zero-order valence-corrected chi connectivity index (χ0v) is 13.7. The van der Waals surface area contributed by atoms with Crippen LogP contribution in [0.2, 0.25) is 0 Å². The van der Waals surface area contributed by atoms with Crippen molar-refractivity contribution in [3.8, 4) is 0 Å². The highest BCUT2D eigenvalue weighted by Gasteiger charge is 2.27. The number of nitrogens with zero attached hydrogens (tertiary/aromatic N) is 1. The summed E-state index contributed by atoms with van der Waals surface area (Å²) in [5, 5.41) is 14.3. The van der Waals surface area contributed by atoms with Crippen LogP contribution in [0.1, 0.15) is 45.4 Å². The largest absolute Gasteiger partial charge is 0.481 e. The number of amides is 3. The van der Waals surface area contributed by atoms with Gasteiger partial charge < -0.3 is 10.4 Å². The Bertz CT molecular complexity index is 455. The summed E-state index contributed by atoms with van der Waals surface area (Å²) in [7, 11) is 0. The fourth-order valence-electron chi connectivity index (χ4n) is 3.51. The van der Waals surface area contributed by atoms with Crippen molar-refractivity contribution in [2.75, 3.05) is 19.6 Å². The molecular weight excluding hydrogens is 298 g/mol. The number of hydrogen-bond acceptors (Lipinski definition) is 4. The summed E-state index contributed by atoms with van der Waals surface area (Å²) >= 11 is 0. The predicted octanol–water partition coefficient (Wildman–Crippen LogP) is 1.19. The van der Waals surface area contributed by atoms with E-state index in [4.69, 9.17) is 5.11 Å². The molecule has 2 rings (SSSR count). The van der Waals surface area contributed by atoms with Crippen molar-refractivity contribution in [3.63, 3.8) is 0 Å². The lowest BCUT2D eigenvalue weighted by Gasteiger charge is -2.30. The van der Waals surface area contributed by atoms with E-state index in [2.05, 4.69) is 17.6 Å². The third-order valence-electron chi connectivity index (χ3n) is 4.90. The molecule has 3 atom stereocenters. The Kier molecular flexibility index (Phi) is 6.38. The van der Waals surface area contributed by atoms with E-state index in [0.29, 0.717) is 25.4 Å². The molecule has 2 fully saturated rings. The zero-order chi connectivity index (χ0) is 16.8. The zero-order valence-electron chi connectivity index (χ0n) is 13.7. The van der Waals surface area contributed by atoms with Gasteiger partial charge in [0.25, 0.3) is 0 Å². The van der Waals surface area contributed by atoms with E-state index in [1.54, 1.807) is 4.90 Å². The smallest absolute Gasteiger partial charge is 0.321 e. The first-order valence-corrected chi connectivity index (χ1v) is 8.51. The summed E-state index contributed by atoms with van der Waals surface area (Å²) in [6.07, 6.45) is 5.76. The van der Waals surface area contributed by atoms with Crippen LogP contribution in [-0.2, 0) is 9.59 Å². The van der Waals surface area contributed by atoms with Crippen LogP contribution in [0.3, 0.4) is 0 Å². The molecule has 0 aromatic rings. The molecule has 0 radical (unpaired) electrons. The minimum Gasteiger partial charge on any atom is -0.481 e. The van der Waals surface area contributed by atoms with Crippen molar-refractivity contribution in [1.29, 1.82) is 0 Å². The van der Waals surface area contributed by atoms with E-state index >= 15 is 0 Å². The molecule has 0 bridgehead atoms. The highest BCUT2D eigenvalue weighted by atomic mass is 16.4. The van der Waals surface area contributed by atoms with Crippen molar-refractivity contribution < 1.29 is 19.5 Å². The van der Waals surface area contributed by atoms with Crippen molar-refractivity contribution in [3.05, 3.63) is 0 Å². The molecule has 1 aliphatic heterocycles. The summed E-state index contributed by atoms with van der Waals surface area (Å²) in [5.41, 5.74) is 0. The number of imide groups is 1. The SMILES string of the molecule is CC1CCCCC1NC(=O)NC(=O)CN1CCCC(C(=O)O)C1. The van der Waals surface area contributed by atoms with Gasteiger partial charge >= 0.3 is 12.0 Å². The number of aliphatic carboxylic acids is 1. The standard InChI is InChI=1S/C16H27N3O4/c1-11-5-2-3-7-13(11)17-16(23)18-14(20)10-19-8-4-6-12(9-19)15(21)22/h11-13H,2-10H2,1H3,(H,21,22)(H2,17,18,20,23). The maximum Gasteiger partial charge on any atom is 0.321 e. The van der Waals surface area contributed by atoms with Gasteiger partial charge in [0.15, 0.2) is 0 Å². The molecule has 0 spiro atoms. The van der Waals surface area contributed by atoms with Crippen LogP contribution in [0, 0.1) is 11.8 Å². The number of nitrogens with one attached hydrogen (secondary N) is 2. The van der Waals surface area contributed by atoms with Crippen molar-refractivity contribution >= 4 is 17.9 Å². The lowest BCUT2D eigenvalue weighted by Crippen LogP contribution is -2.51. The molecule has 130 valence electrons. The van der Waals surface area contributed by atoms with Crippen LogP contribution < -0.4 is 10.6 Å². The molecule has 3 unspecified atom stereocenters. The molecule has 2 aliphatic rings. The van der Waals surface area contributed by atoms with Crippen LogP contribution in [-0.4, -0.2) is 53.6 Å². The summed E-state index contributed by atoms with van der Waals surface area (Å²) in [6, 6.07) is -0.316. The normalized spacial score (nSPS) is 28.8. The first-order valence-electron chi connectivity index (χ1n) is 8.51. The Balaban J connectivity index is 1.73. The van der Waals surface area contributed by atoms with Crippen LogP contribution in [0.25, 0.3) is 0 Å². The second-order valence-electron chi connectivity index (χ2n) is 6.80. The third-order valence-corrected chi connectivity index (χ3v) is 4.90. The molecule has 23 heavy (non-hydrogen) atoms. The number of carboxylic acids is 1. The van der Waals surface area contributed by atoms with Gasteiger partial charge in [0, 0.05) is 12.6 Å². The monoisotopic (exact) mass is 325 g/mol.